The number of aromatic nitrogens is 1. The minimum absolute atomic E-state index is 0.00410. The van der Waals surface area contributed by atoms with Crippen molar-refractivity contribution in [2.75, 3.05) is 6.61 Å². The molecule has 1 amide bonds. The number of hydrogen-bond acceptors (Lipinski definition) is 4. The predicted molar refractivity (Wildman–Crippen MR) is 92.6 cm³/mol. The zero-order chi connectivity index (χ0) is 15.9. The van der Waals surface area contributed by atoms with Crippen molar-refractivity contribution in [3.63, 3.8) is 0 Å². The third-order valence-corrected chi connectivity index (χ3v) is 4.51. The number of hydrogen-bond donors (Lipinski definition) is 1. The van der Waals surface area contributed by atoms with Crippen LogP contribution in [0.15, 0.2) is 28.1 Å². The topological polar surface area (TPSA) is 51.2 Å². The van der Waals surface area contributed by atoms with Gasteiger partial charge in [0.1, 0.15) is 5.75 Å². The van der Waals surface area contributed by atoms with Crippen LogP contribution in [0.3, 0.4) is 0 Å². The molecule has 0 saturated heterocycles. The number of rotatable bonds is 7. The van der Waals surface area contributed by atoms with Crippen molar-refractivity contribution in [2.45, 2.75) is 26.3 Å². The molecular formula is C15H16BrClN2O2S. The zero-order valence-electron chi connectivity index (χ0n) is 12.1. The van der Waals surface area contributed by atoms with E-state index in [2.05, 4.69) is 26.2 Å². The van der Waals surface area contributed by atoms with Crippen molar-refractivity contribution >= 4 is 44.8 Å². The van der Waals surface area contributed by atoms with Crippen LogP contribution in [0.2, 0.25) is 5.02 Å². The van der Waals surface area contributed by atoms with Crippen LogP contribution in [-0.2, 0) is 11.3 Å². The Bertz CT molecular complexity index is 648. The van der Waals surface area contributed by atoms with Crippen LogP contribution in [0.4, 0.5) is 0 Å². The lowest BCUT2D eigenvalue weighted by atomic mass is 10.3. The van der Waals surface area contributed by atoms with Crippen LogP contribution < -0.4 is 10.1 Å². The van der Waals surface area contributed by atoms with E-state index in [0.29, 0.717) is 31.0 Å². The molecule has 2 rings (SSSR count). The highest BCUT2D eigenvalue weighted by molar-refractivity contribution is 9.10. The molecule has 0 atom stereocenters. The Labute approximate surface area is 147 Å². The van der Waals surface area contributed by atoms with Crippen LogP contribution in [0.1, 0.15) is 23.5 Å². The Morgan fingerprint density at radius 1 is 1.50 bits per heavy atom. The third-order valence-electron chi connectivity index (χ3n) is 2.83. The maximum atomic E-state index is 11.7. The quantitative estimate of drug-likeness (QED) is 0.700. The molecule has 4 nitrogen and oxygen atoms in total. The molecule has 7 heteroatoms. The summed E-state index contributed by atoms with van der Waals surface area (Å²) in [5.41, 5.74) is 0.900. The molecule has 0 radical (unpaired) electrons. The Kier molecular flexibility index (Phi) is 6.67. The molecule has 1 heterocycles. The highest BCUT2D eigenvalue weighted by atomic mass is 79.9. The summed E-state index contributed by atoms with van der Waals surface area (Å²) in [6.45, 7) is 2.90. The number of amides is 1. The van der Waals surface area contributed by atoms with E-state index in [1.807, 2.05) is 12.3 Å². The number of nitrogens with one attached hydrogen (secondary N) is 1. The van der Waals surface area contributed by atoms with Gasteiger partial charge < -0.3 is 10.1 Å². The van der Waals surface area contributed by atoms with Crippen molar-refractivity contribution in [3.8, 4) is 5.75 Å². The van der Waals surface area contributed by atoms with Crippen LogP contribution in [0, 0.1) is 6.92 Å². The van der Waals surface area contributed by atoms with Crippen molar-refractivity contribution in [2.24, 2.45) is 0 Å². The van der Waals surface area contributed by atoms with Gasteiger partial charge in [0, 0.05) is 16.8 Å². The first-order chi connectivity index (χ1) is 10.5. The molecule has 2 aromatic rings. The Hall–Kier alpha value is -1.11. The average Bonchev–Trinajstić information content (AvgIpc) is 2.89. The number of carbonyl (C=O) groups is 1. The van der Waals surface area contributed by atoms with Crippen molar-refractivity contribution in [1.29, 1.82) is 0 Å². The van der Waals surface area contributed by atoms with Gasteiger partial charge in [0.25, 0.3) is 0 Å². The second-order valence-corrected chi connectivity index (χ2v) is 7.01. The van der Waals surface area contributed by atoms with Crippen LogP contribution in [-0.4, -0.2) is 17.5 Å². The molecule has 1 N–H and O–H groups in total. The fraction of sp³-hybridized carbons (Fsp3) is 0.333. The molecule has 118 valence electrons. The van der Waals surface area contributed by atoms with E-state index >= 15 is 0 Å². The first kappa shape index (κ1) is 17.2. The van der Waals surface area contributed by atoms with Gasteiger partial charge in [0.15, 0.2) is 0 Å². The molecule has 0 fully saturated rings. The van der Waals surface area contributed by atoms with Gasteiger partial charge in [-0.2, -0.15) is 0 Å². The molecule has 0 aliphatic carbocycles. The molecule has 0 aliphatic heterocycles. The lowest BCUT2D eigenvalue weighted by Gasteiger charge is -2.08. The summed E-state index contributed by atoms with van der Waals surface area (Å²) >= 11 is 10.8. The van der Waals surface area contributed by atoms with E-state index in [1.165, 1.54) is 0 Å². The summed E-state index contributed by atoms with van der Waals surface area (Å²) < 4.78 is 6.42. The van der Waals surface area contributed by atoms with Gasteiger partial charge in [-0.1, -0.05) is 11.6 Å². The van der Waals surface area contributed by atoms with Gasteiger partial charge in [-0.15, -0.1) is 11.3 Å². The van der Waals surface area contributed by atoms with Crippen molar-refractivity contribution < 1.29 is 9.53 Å². The van der Waals surface area contributed by atoms with E-state index < -0.39 is 0 Å². The number of aryl methyl sites for hydroxylation is 1. The van der Waals surface area contributed by atoms with Gasteiger partial charge >= 0.3 is 0 Å². The molecule has 1 aromatic heterocycles. The number of thiazole rings is 1. The summed E-state index contributed by atoms with van der Waals surface area (Å²) in [7, 11) is 0. The SMILES string of the molecule is Cc1nc(CNC(=O)CCCOc2ccc(Cl)cc2Br)cs1. The van der Waals surface area contributed by atoms with Gasteiger partial charge in [0.05, 0.1) is 28.3 Å². The maximum absolute atomic E-state index is 11.7. The standard InChI is InChI=1S/C15H16BrClN2O2S/c1-10-19-12(9-22-10)8-18-15(20)3-2-6-21-14-5-4-11(17)7-13(14)16/h4-5,7,9H,2-3,6,8H2,1H3,(H,18,20). The van der Waals surface area contributed by atoms with Crippen LogP contribution in [0.5, 0.6) is 5.75 Å². The average molecular weight is 404 g/mol. The smallest absolute Gasteiger partial charge is 0.220 e. The minimum atomic E-state index is 0.00410. The summed E-state index contributed by atoms with van der Waals surface area (Å²) in [5.74, 6) is 0.729. The van der Waals surface area contributed by atoms with Gasteiger partial charge in [0.2, 0.25) is 5.91 Å². The molecule has 0 unspecified atom stereocenters. The lowest BCUT2D eigenvalue weighted by Crippen LogP contribution is -2.23. The number of halogens is 2. The fourth-order valence-electron chi connectivity index (χ4n) is 1.77. The summed E-state index contributed by atoms with van der Waals surface area (Å²) in [6, 6.07) is 5.35. The van der Waals surface area contributed by atoms with E-state index in [-0.39, 0.29) is 5.91 Å². The zero-order valence-corrected chi connectivity index (χ0v) is 15.2. The molecule has 0 aliphatic rings. The maximum Gasteiger partial charge on any atom is 0.220 e. The second kappa shape index (κ2) is 8.50. The Balaban J connectivity index is 1.64. The number of ether oxygens (including phenoxy) is 1. The molecule has 22 heavy (non-hydrogen) atoms. The van der Waals surface area contributed by atoms with Gasteiger partial charge in [-0.05, 0) is 47.5 Å². The predicted octanol–water partition coefficient (Wildman–Crippen LogP) is 4.34. The van der Waals surface area contributed by atoms with E-state index in [0.717, 1.165) is 20.9 Å². The first-order valence-electron chi connectivity index (χ1n) is 6.80. The normalized spacial score (nSPS) is 10.5. The second-order valence-electron chi connectivity index (χ2n) is 4.66. The summed E-state index contributed by atoms with van der Waals surface area (Å²) in [6.07, 6.45) is 1.07. The lowest BCUT2D eigenvalue weighted by molar-refractivity contribution is -0.121. The fourth-order valence-corrected chi connectivity index (χ4v) is 3.18. The number of nitrogens with zero attached hydrogens (tertiary/aromatic N) is 1. The number of carbonyl (C=O) groups excluding carboxylic acids is 1. The van der Waals surface area contributed by atoms with Crippen molar-refractivity contribution in [3.05, 3.63) is 43.8 Å². The highest BCUT2D eigenvalue weighted by Gasteiger charge is 2.05. The van der Waals surface area contributed by atoms with Crippen molar-refractivity contribution in [1.82, 2.24) is 10.3 Å². The van der Waals surface area contributed by atoms with E-state index in [1.54, 1.807) is 29.5 Å². The molecular weight excluding hydrogens is 388 g/mol. The van der Waals surface area contributed by atoms with E-state index in [4.69, 9.17) is 16.3 Å². The van der Waals surface area contributed by atoms with Gasteiger partial charge in [-0.25, -0.2) is 4.98 Å². The first-order valence-corrected chi connectivity index (χ1v) is 8.85. The molecule has 0 spiro atoms. The highest BCUT2D eigenvalue weighted by Crippen LogP contribution is 2.28. The molecule has 1 aromatic carbocycles. The monoisotopic (exact) mass is 402 g/mol. The molecule has 0 saturated carbocycles. The van der Waals surface area contributed by atoms with Gasteiger partial charge in [-0.3, -0.25) is 4.79 Å². The van der Waals surface area contributed by atoms with Crippen LogP contribution >= 0.6 is 38.9 Å². The Morgan fingerprint density at radius 3 is 3.00 bits per heavy atom. The Morgan fingerprint density at radius 2 is 2.32 bits per heavy atom. The third kappa shape index (κ3) is 5.59. The summed E-state index contributed by atoms with van der Waals surface area (Å²) in [5, 5.41) is 6.46. The van der Waals surface area contributed by atoms with E-state index in [9.17, 15) is 4.79 Å². The molecule has 0 bridgehead atoms. The largest absolute Gasteiger partial charge is 0.492 e. The summed E-state index contributed by atoms with van der Waals surface area (Å²) in [4.78, 5) is 16.0. The minimum Gasteiger partial charge on any atom is -0.492 e. The number of benzene rings is 1. The van der Waals surface area contributed by atoms with Crippen LogP contribution in [0.25, 0.3) is 0 Å².